The van der Waals surface area contributed by atoms with E-state index in [2.05, 4.69) is 43.8 Å². The summed E-state index contributed by atoms with van der Waals surface area (Å²) >= 11 is 5.99. The summed E-state index contributed by atoms with van der Waals surface area (Å²) in [6, 6.07) is 22.5. The first-order valence-electron chi connectivity index (χ1n) is 11.3. The zero-order valence-corrected chi connectivity index (χ0v) is 20.8. The molecule has 33 heavy (non-hydrogen) atoms. The van der Waals surface area contributed by atoms with Crippen LogP contribution in [0, 0.1) is 6.92 Å². The van der Waals surface area contributed by atoms with Crippen LogP contribution in [0.5, 0.6) is 0 Å². The van der Waals surface area contributed by atoms with Crippen LogP contribution in [0.1, 0.15) is 54.2 Å². The van der Waals surface area contributed by atoms with Crippen molar-refractivity contribution in [3.63, 3.8) is 0 Å². The van der Waals surface area contributed by atoms with Gasteiger partial charge in [-0.2, -0.15) is 0 Å². The minimum atomic E-state index is -1.46. The fraction of sp³-hybridized carbons (Fsp3) is 0.267. The van der Waals surface area contributed by atoms with Crippen LogP contribution in [0.3, 0.4) is 0 Å². The van der Waals surface area contributed by atoms with Crippen LogP contribution in [0.2, 0.25) is 5.02 Å². The summed E-state index contributed by atoms with van der Waals surface area (Å²) in [7, 11) is 0. The lowest BCUT2D eigenvalue weighted by atomic mass is 9.83. The fourth-order valence-electron chi connectivity index (χ4n) is 4.02. The monoisotopic (exact) mass is 461 g/mol. The van der Waals surface area contributed by atoms with Crippen molar-refractivity contribution in [1.82, 2.24) is 0 Å². The van der Waals surface area contributed by atoms with Crippen LogP contribution in [0.4, 0.5) is 4.39 Å². The first-order valence-corrected chi connectivity index (χ1v) is 11.7. The lowest BCUT2D eigenvalue weighted by Gasteiger charge is -2.24. The molecule has 0 heterocycles. The first kappa shape index (κ1) is 25.0. The standard InChI is InChI=1S/C30H33ClFN/c1-20-18-24(7-6-23-10-15-27(31)16-11-23)12-17-28(20)21(2)29(22(3)30(4,5)32)26-13-8-25(19-33)9-14-26/h8-18H,2,6-7,19,33H2,1,3-5H3/b29-22-. The molecule has 0 aliphatic rings. The summed E-state index contributed by atoms with van der Waals surface area (Å²) in [5, 5.41) is 0.755. The van der Waals surface area contributed by atoms with Gasteiger partial charge in [-0.05, 0) is 103 Å². The first-order chi connectivity index (χ1) is 15.6. The van der Waals surface area contributed by atoms with E-state index in [0.29, 0.717) is 12.1 Å². The van der Waals surface area contributed by atoms with E-state index in [1.807, 2.05) is 43.3 Å². The predicted octanol–water partition coefficient (Wildman–Crippen LogP) is 8.13. The smallest absolute Gasteiger partial charge is 0.127 e. The van der Waals surface area contributed by atoms with Crippen molar-refractivity contribution in [1.29, 1.82) is 0 Å². The fourth-order valence-corrected chi connectivity index (χ4v) is 4.14. The molecule has 0 bridgehead atoms. The van der Waals surface area contributed by atoms with Gasteiger partial charge in [0.15, 0.2) is 0 Å². The quantitative estimate of drug-likeness (QED) is 0.336. The summed E-state index contributed by atoms with van der Waals surface area (Å²) in [6.07, 6.45) is 1.89. The molecular weight excluding hydrogens is 429 g/mol. The Labute approximate surface area is 202 Å². The molecule has 0 spiro atoms. The maximum absolute atomic E-state index is 15.1. The third-order valence-electron chi connectivity index (χ3n) is 6.28. The highest BCUT2D eigenvalue weighted by molar-refractivity contribution is 6.30. The van der Waals surface area contributed by atoms with Crippen molar-refractivity contribution in [3.8, 4) is 0 Å². The lowest BCUT2D eigenvalue weighted by Crippen LogP contribution is -2.16. The summed E-state index contributed by atoms with van der Waals surface area (Å²) in [5.74, 6) is 0. The molecule has 0 unspecified atom stereocenters. The van der Waals surface area contributed by atoms with E-state index in [1.54, 1.807) is 13.8 Å². The lowest BCUT2D eigenvalue weighted by molar-refractivity contribution is 0.269. The molecule has 0 aromatic heterocycles. The maximum atomic E-state index is 15.1. The largest absolute Gasteiger partial charge is 0.326 e. The molecule has 0 saturated carbocycles. The molecule has 1 nitrogen and oxygen atoms in total. The van der Waals surface area contributed by atoms with Crippen molar-refractivity contribution in [2.75, 3.05) is 0 Å². The van der Waals surface area contributed by atoms with Gasteiger partial charge in [-0.15, -0.1) is 0 Å². The molecular formula is C30H33ClFN. The number of aryl methyl sites for hydroxylation is 3. The number of rotatable bonds is 8. The van der Waals surface area contributed by atoms with E-state index in [0.717, 1.165) is 51.3 Å². The second kappa shape index (κ2) is 10.5. The second-order valence-corrected chi connectivity index (χ2v) is 9.56. The van der Waals surface area contributed by atoms with Gasteiger partial charge < -0.3 is 5.73 Å². The highest BCUT2D eigenvalue weighted by Gasteiger charge is 2.25. The van der Waals surface area contributed by atoms with Crippen LogP contribution in [-0.4, -0.2) is 5.67 Å². The van der Waals surface area contributed by atoms with E-state index < -0.39 is 5.67 Å². The van der Waals surface area contributed by atoms with E-state index in [9.17, 15) is 0 Å². The average Bonchev–Trinajstić information content (AvgIpc) is 2.78. The number of benzene rings is 3. The Balaban J connectivity index is 1.91. The Morgan fingerprint density at radius 1 is 0.909 bits per heavy atom. The van der Waals surface area contributed by atoms with E-state index >= 15 is 4.39 Å². The van der Waals surface area contributed by atoms with Crippen LogP contribution in [0.15, 0.2) is 78.9 Å². The predicted molar refractivity (Wildman–Crippen MR) is 141 cm³/mol. The third-order valence-corrected chi connectivity index (χ3v) is 6.53. The molecule has 3 aromatic rings. The van der Waals surface area contributed by atoms with Crippen molar-refractivity contribution in [2.45, 2.75) is 52.8 Å². The normalized spacial score (nSPS) is 12.5. The van der Waals surface area contributed by atoms with E-state index in [-0.39, 0.29) is 0 Å². The zero-order chi connectivity index (χ0) is 24.2. The van der Waals surface area contributed by atoms with Crippen molar-refractivity contribution in [2.24, 2.45) is 5.73 Å². The number of halogens is 2. The molecule has 0 atom stereocenters. The summed E-state index contributed by atoms with van der Waals surface area (Å²) in [6.45, 7) is 12.0. The number of hydrogen-bond donors (Lipinski definition) is 1. The van der Waals surface area contributed by atoms with Crippen LogP contribution < -0.4 is 5.73 Å². The number of nitrogens with two attached hydrogens (primary N) is 1. The Morgan fingerprint density at radius 3 is 2.00 bits per heavy atom. The van der Waals surface area contributed by atoms with Crippen molar-refractivity contribution >= 4 is 22.7 Å². The maximum Gasteiger partial charge on any atom is 0.127 e. The molecule has 3 heteroatoms. The highest BCUT2D eigenvalue weighted by Crippen LogP contribution is 2.38. The summed E-state index contributed by atoms with van der Waals surface area (Å²) < 4.78 is 15.1. The molecule has 2 N–H and O–H groups in total. The Kier molecular flexibility index (Phi) is 7.94. The van der Waals surface area contributed by atoms with Gasteiger partial charge in [0.25, 0.3) is 0 Å². The number of hydrogen-bond acceptors (Lipinski definition) is 1. The molecule has 0 amide bonds. The molecule has 172 valence electrons. The van der Waals surface area contributed by atoms with Gasteiger partial charge >= 0.3 is 0 Å². The summed E-state index contributed by atoms with van der Waals surface area (Å²) in [4.78, 5) is 0. The van der Waals surface area contributed by atoms with E-state index in [1.165, 1.54) is 11.1 Å². The van der Waals surface area contributed by atoms with Crippen LogP contribution >= 0.6 is 11.6 Å². The van der Waals surface area contributed by atoms with E-state index in [4.69, 9.17) is 17.3 Å². The van der Waals surface area contributed by atoms with Crippen molar-refractivity contribution in [3.05, 3.63) is 117 Å². The molecule has 3 rings (SSSR count). The summed E-state index contributed by atoms with van der Waals surface area (Å²) in [5.41, 5.74) is 13.3. The van der Waals surface area contributed by atoms with Gasteiger partial charge in [0.05, 0.1) is 0 Å². The number of alkyl halides is 1. The van der Waals surface area contributed by atoms with Crippen LogP contribution in [-0.2, 0) is 19.4 Å². The third kappa shape index (κ3) is 6.22. The van der Waals surface area contributed by atoms with Gasteiger partial charge in [0, 0.05) is 11.6 Å². The number of allylic oxidation sites excluding steroid dienone is 3. The second-order valence-electron chi connectivity index (χ2n) is 9.13. The SMILES string of the molecule is C=C(/C(=C(\C)C(C)(C)F)c1ccc(CN)cc1)c1ccc(CCc2ccc(Cl)cc2)cc1C. The Hall–Kier alpha value is -2.68. The Bertz CT molecular complexity index is 1150. The molecule has 0 saturated heterocycles. The van der Waals surface area contributed by atoms with Gasteiger partial charge in [0.2, 0.25) is 0 Å². The molecule has 0 aliphatic heterocycles. The molecule has 0 radical (unpaired) electrons. The van der Waals surface area contributed by atoms with Crippen molar-refractivity contribution < 1.29 is 4.39 Å². The topological polar surface area (TPSA) is 26.0 Å². The van der Waals surface area contributed by atoms with Gasteiger partial charge in [-0.1, -0.05) is 72.8 Å². The average molecular weight is 462 g/mol. The van der Waals surface area contributed by atoms with Gasteiger partial charge in [0.1, 0.15) is 5.67 Å². The molecule has 0 aliphatic carbocycles. The van der Waals surface area contributed by atoms with Gasteiger partial charge in [-0.25, -0.2) is 4.39 Å². The molecule has 0 fully saturated rings. The van der Waals surface area contributed by atoms with Gasteiger partial charge in [-0.3, -0.25) is 0 Å². The highest BCUT2D eigenvalue weighted by atomic mass is 35.5. The minimum Gasteiger partial charge on any atom is -0.326 e. The molecule has 3 aromatic carbocycles. The van der Waals surface area contributed by atoms with Crippen LogP contribution in [0.25, 0.3) is 11.1 Å². The zero-order valence-electron chi connectivity index (χ0n) is 20.0. The Morgan fingerprint density at radius 2 is 1.45 bits per heavy atom. The minimum absolute atomic E-state index is 0.477.